The van der Waals surface area contributed by atoms with Gasteiger partial charge in [0, 0.05) is 18.4 Å². The number of nitrogens with zero attached hydrogens (tertiary/aromatic N) is 1. The van der Waals surface area contributed by atoms with E-state index in [1.807, 2.05) is 0 Å². The van der Waals surface area contributed by atoms with Crippen molar-refractivity contribution in [2.24, 2.45) is 11.8 Å². The number of carbonyl (C=O) groups is 4. The lowest BCUT2D eigenvalue weighted by Gasteiger charge is -2.30. The summed E-state index contributed by atoms with van der Waals surface area (Å²) < 4.78 is 5.20. The second-order valence-electron chi connectivity index (χ2n) is 7.40. The molecule has 24 heavy (non-hydrogen) atoms. The molecule has 1 saturated carbocycles. The Morgan fingerprint density at radius 2 is 1.75 bits per heavy atom. The molecule has 1 atom stereocenters. The van der Waals surface area contributed by atoms with Crippen LogP contribution in [0, 0.1) is 11.8 Å². The number of rotatable bonds is 3. The van der Waals surface area contributed by atoms with Crippen LogP contribution in [0.3, 0.4) is 0 Å². The highest BCUT2D eigenvalue weighted by atomic mass is 16.6. The smallest absolute Gasteiger partial charge is 0.407 e. The Bertz CT molecular complexity index is 545. The minimum absolute atomic E-state index is 0.0399. The molecule has 2 N–H and O–H groups in total. The molecule has 1 unspecified atom stereocenters. The molecular weight excluding hydrogens is 316 g/mol. The Balaban J connectivity index is 1.82. The van der Waals surface area contributed by atoms with Crippen LogP contribution in [0.15, 0.2) is 0 Å². The molecule has 134 valence electrons. The minimum Gasteiger partial charge on any atom is -0.444 e. The van der Waals surface area contributed by atoms with Crippen LogP contribution < -0.4 is 5.32 Å². The zero-order valence-corrected chi connectivity index (χ0v) is 14.2. The summed E-state index contributed by atoms with van der Waals surface area (Å²) >= 11 is 0. The third-order valence-electron chi connectivity index (χ3n) is 4.32. The van der Waals surface area contributed by atoms with E-state index < -0.39 is 29.4 Å². The molecule has 1 heterocycles. The number of nitrogens with one attached hydrogen (secondary N) is 1. The largest absolute Gasteiger partial charge is 0.444 e. The number of hydrogen-bond acceptors (Lipinski definition) is 6. The van der Waals surface area contributed by atoms with Gasteiger partial charge in [-0.05, 0) is 46.5 Å². The van der Waals surface area contributed by atoms with E-state index in [4.69, 9.17) is 4.74 Å². The van der Waals surface area contributed by atoms with Crippen LogP contribution in [0.2, 0.25) is 0 Å². The van der Waals surface area contributed by atoms with Gasteiger partial charge < -0.3 is 10.1 Å². The van der Waals surface area contributed by atoms with Crippen molar-refractivity contribution in [1.82, 2.24) is 10.4 Å². The maximum atomic E-state index is 12.4. The lowest BCUT2D eigenvalue weighted by atomic mass is 9.79. The number of amides is 3. The molecule has 2 fully saturated rings. The van der Waals surface area contributed by atoms with Gasteiger partial charge in [0.1, 0.15) is 17.3 Å². The molecule has 0 bridgehead atoms. The maximum Gasteiger partial charge on any atom is 0.407 e. The van der Waals surface area contributed by atoms with Crippen molar-refractivity contribution in [2.45, 2.75) is 64.5 Å². The summed E-state index contributed by atoms with van der Waals surface area (Å²) in [5.74, 6) is -3.25. The number of Topliss-reactive ketones (excluding diaryl/α,β-unsaturated/α-hetero) is 1. The van der Waals surface area contributed by atoms with E-state index in [0.717, 1.165) is 0 Å². The molecule has 1 aliphatic carbocycles. The van der Waals surface area contributed by atoms with E-state index in [9.17, 15) is 24.4 Å². The minimum atomic E-state index is -1.07. The average Bonchev–Trinajstić information content (AvgIpc) is 2.73. The van der Waals surface area contributed by atoms with Crippen LogP contribution in [-0.4, -0.2) is 45.6 Å². The highest BCUT2D eigenvalue weighted by Gasteiger charge is 2.45. The zero-order chi connectivity index (χ0) is 18.1. The van der Waals surface area contributed by atoms with E-state index >= 15 is 0 Å². The fourth-order valence-electron chi connectivity index (χ4n) is 3.12. The van der Waals surface area contributed by atoms with E-state index in [2.05, 4.69) is 5.32 Å². The fraction of sp³-hybridized carbons (Fsp3) is 0.750. The van der Waals surface area contributed by atoms with Crippen LogP contribution in [0.5, 0.6) is 0 Å². The first-order valence-corrected chi connectivity index (χ1v) is 8.17. The molecular formula is C16H24N2O6. The predicted molar refractivity (Wildman–Crippen MR) is 81.9 cm³/mol. The lowest BCUT2D eigenvalue weighted by Crippen LogP contribution is -2.42. The molecule has 0 radical (unpaired) electrons. The number of hydrogen-bond donors (Lipinski definition) is 2. The van der Waals surface area contributed by atoms with E-state index in [-0.39, 0.29) is 29.2 Å². The molecule has 1 aliphatic heterocycles. The number of carbonyl (C=O) groups excluding carboxylic acids is 4. The summed E-state index contributed by atoms with van der Waals surface area (Å²) in [4.78, 5) is 47.2. The summed E-state index contributed by atoms with van der Waals surface area (Å²) in [5.41, 5.74) is -0.567. The first-order chi connectivity index (χ1) is 11.1. The summed E-state index contributed by atoms with van der Waals surface area (Å²) in [6.45, 7) is 5.35. The van der Waals surface area contributed by atoms with Crippen LogP contribution in [0.1, 0.15) is 52.9 Å². The molecule has 3 amide bonds. The molecule has 0 spiro atoms. The summed E-state index contributed by atoms with van der Waals surface area (Å²) in [6.07, 6.45) is 1.53. The summed E-state index contributed by atoms with van der Waals surface area (Å²) in [7, 11) is 0. The number of hydroxylamine groups is 2. The summed E-state index contributed by atoms with van der Waals surface area (Å²) in [5, 5.41) is 12.1. The van der Waals surface area contributed by atoms with Gasteiger partial charge >= 0.3 is 6.09 Å². The quantitative estimate of drug-likeness (QED) is 0.456. The maximum absolute atomic E-state index is 12.4. The third kappa shape index (κ3) is 4.31. The molecule has 1 saturated heterocycles. The van der Waals surface area contributed by atoms with Crippen LogP contribution in [0.4, 0.5) is 4.79 Å². The molecule has 0 aromatic heterocycles. The lowest BCUT2D eigenvalue weighted by molar-refractivity contribution is -0.172. The second kappa shape index (κ2) is 6.88. The van der Waals surface area contributed by atoms with Crippen molar-refractivity contribution >= 4 is 23.7 Å². The number of ketones is 1. The number of alkyl carbamates (subject to hydrolysis) is 1. The molecule has 8 heteroatoms. The van der Waals surface area contributed by atoms with Crippen LogP contribution in [0.25, 0.3) is 0 Å². The zero-order valence-electron chi connectivity index (χ0n) is 14.2. The van der Waals surface area contributed by atoms with Gasteiger partial charge in [-0.1, -0.05) is 0 Å². The average molecular weight is 340 g/mol. The Morgan fingerprint density at radius 1 is 1.17 bits per heavy atom. The van der Waals surface area contributed by atoms with Crippen LogP contribution in [-0.2, 0) is 19.1 Å². The normalized spacial score (nSPS) is 28.0. The topological polar surface area (TPSA) is 113 Å². The van der Waals surface area contributed by atoms with E-state index in [0.29, 0.717) is 25.7 Å². The number of imide groups is 1. The second-order valence-corrected chi connectivity index (χ2v) is 7.40. The standard InChI is InChI=1S/C16H24N2O6/c1-16(2,3)24-15(22)17-10-6-4-9(5-7-10)13(20)11-8-12(19)18(23)14(11)21/h9-11,23H,4-8H2,1-3H3,(H,17,22). The first kappa shape index (κ1) is 18.4. The van der Waals surface area contributed by atoms with Gasteiger partial charge in [-0.15, -0.1) is 0 Å². The highest BCUT2D eigenvalue weighted by Crippen LogP contribution is 2.31. The Morgan fingerprint density at radius 3 is 2.21 bits per heavy atom. The van der Waals surface area contributed by atoms with Crippen molar-refractivity contribution in [2.75, 3.05) is 0 Å². The Hall–Kier alpha value is -1.96. The highest BCUT2D eigenvalue weighted by molar-refractivity contribution is 6.13. The van der Waals surface area contributed by atoms with Crippen molar-refractivity contribution in [3.05, 3.63) is 0 Å². The van der Waals surface area contributed by atoms with Gasteiger partial charge in [0.2, 0.25) is 0 Å². The van der Waals surface area contributed by atoms with E-state index in [1.54, 1.807) is 20.8 Å². The fourth-order valence-corrected chi connectivity index (χ4v) is 3.12. The molecule has 0 aromatic rings. The Kier molecular flexibility index (Phi) is 5.27. The summed E-state index contributed by atoms with van der Waals surface area (Å²) in [6, 6.07) is -0.0702. The molecule has 0 aromatic carbocycles. The third-order valence-corrected chi connectivity index (χ3v) is 4.32. The van der Waals surface area contributed by atoms with Crippen LogP contribution >= 0.6 is 0 Å². The molecule has 2 rings (SSSR count). The van der Waals surface area contributed by atoms with Crippen molar-refractivity contribution < 1.29 is 29.1 Å². The van der Waals surface area contributed by atoms with Gasteiger partial charge in [0.15, 0.2) is 0 Å². The van der Waals surface area contributed by atoms with Gasteiger partial charge in [-0.2, -0.15) is 5.06 Å². The van der Waals surface area contributed by atoms with Gasteiger partial charge in [-0.3, -0.25) is 19.6 Å². The first-order valence-electron chi connectivity index (χ1n) is 8.17. The van der Waals surface area contributed by atoms with E-state index in [1.165, 1.54) is 0 Å². The van der Waals surface area contributed by atoms with Crippen molar-refractivity contribution in [1.29, 1.82) is 0 Å². The Labute approximate surface area is 140 Å². The van der Waals surface area contributed by atoms with Crippen molar-refractivity contribution in [3.63, 3.8) is 0 Å². The van der Waals surface area contributed by atoms with Gasteiger partial charge in [0.25, 0.3) is 11.8 Å². The molecule has 2 aliphatic rings. The SMILES string of the molecule is CC(C)(C)OC(=O)NC1CCC(C(=O)C2CC(=O)N(O)C2=O)CC1. The van der Waals surface area contributed by atoms with Crippen molar-refractivity contribution in [3.8, 4) is 0 Å². The monoisotopic (exact) mass is 340 g/mol. The predicted octanol–water partition coefficient (Wildman–Crippen LogP) is 1.40. The molecule has 8 nitrogen and oxygen atoms in total. The van der Waals surface area contributed by atoms with Gasteiger partial charge in [0.05, 0.1) is 0 Å². The van der Waals surface area contributed by atoms with Gasteiger partial charge in [-0.25, -0.2) is 4.79 Å². The number of ether oxygens (including phenoxy) is 1.